The van der Waals surface area contributed by atoms with E-state index in [4.69, 9.17) is 4.65 Å². The molecule has 1 saturated carbocycles. The van der Waals surface area contributed by atoms with Crippen LogP contribution in [0.5, 0.6) is 0 Å². The minimum atomic E-state index is -0.930. The second kappa shape index (κ2) is 6.61. The highest BCUT2D eigenvalue weighted by Gasteiger charge is 2.28. The number of rotatable bonds is 4. The van der Waals surface area contributed by atoms with Crippen molar-refractivity contribution in [1.29, 1.82) is 0 Å². The van der Waals surface area contributed by atoms with E-state index in [2.05, 4.69) is 15.6 Å². The van der Waals surface area contributed by atoms with Crippen LogP contribution in [-0.4, -0.2) is 33.0 Å². The van der Waals surface area contributed by atoms with Gasteiger partial charge in [0.15, 0.2) is 5.69 Å². The maximum absolute atomic E-state index is 12.5. The predicted octanol–water partition coefficient (Wildman–Crippen LogP) is 1.25. The Balaban J connectivity index is 1.48. The maximum Gasteiger partial charge on any atom is 0.491 e. The van der Waals surface area contributed by atoms with Crippen LogP contribution in [0, 0.1) is 12.8 Å². The molecule has 4 rings (SSSR count). The average Bonchev–Trinajstić information content (AvgIpc) is 3.31. The van der Waals surface area contributed by atoms with Gasteiger partial charge in [-0.15, -0.1) is 5.10 Å². The van der Waals surface area contributed by atoms with E-state index in [1.807, 2.05) is 17.7 Å². The van der Waals surface area contributed by atoms with Crippen molar-refractivity contribution in [2.75, 3.05) is 5.32 Å². The monoisotopic (exact) mass is 340 g/mol. The summed E-state index contributed by atoms with van der Waals surface area (Å²) in [6.07, 6.45) is 5.00. The Morgan fingerprint density at radius 1 is 1.44 bits per heavy atom. The van der Waals surface area contributed by atoms with Crippen molar-refractivity contribution in [2.45, 2.75) is 45.8 Å². The molecule has 0 radical (unpaired) electrons. The van der Waals surface area contributed by atoms with Crippen molar-refractivity contribution in [3.05, 3.63) is 35.2 Å². The molecule has 2 N–H and O–H groups in total. The molecular formula is C17H21BN4O3. The number of benzene rings is 1. The van der Waals surface area contributed by atoms with Gasteiger partial charge in [0, 0.05) is 12.2 Å². The Kier molecular flexibility index (Phi) is 4.31. The van der Waals surface area contributed by atoms with Gasteiger partial charge in [-0.2, -0.15) is 0 Å². The van der Waals surface area contributed by atoms with E-state index in [1.54, 1.807) is 12.1 Å². The third kappa shape index (κ3) is 3.19. The highest BCUT2D eigenvalue weighted by atomic mass is 16.5. The number of hydrogen-bond acceptors (Lipinski definition) is 5. The fraction of sp³-hybridized carbons (Fsp3) is 0.471. The third-order valence-electron chi connectivity index (χ3n) is 5.17. The highest BCUT2D eigenvalue weighted by molar-refractivity contribution is 6.61. The van der Waals surface area contributed by atoms with Gasteiger partial charge in [-0.1, -0.05) is 24.1 Å². The van der Waals surface area contributed by atoms with Crippen molar-refractivity contribution in [2.24, 2.45) is 5.92 Å². The minimum Gasteiger partial charge on any atom is -0.423 e. The second-order valence-electron chi connectivity index (χ2n) is 6.89. The van der Waals surface area contributed by atoms with Crippen molar-refractivity contribution in [3.8, 4) is 0 Å². The molecule has 0 saturated heterocycles. The number of amides is 1. The zero-order valence-corrected chi connectivity index (χ0v) is 14.2. The van der Waals surface area contributed by atoms with Crippen LogP contribution in [0.25, 0.3) is 0 Å². The molecule has 25 heavy (non-hydrogen) atoms. The first-order valence-electron chi connectivity index (χ1n) is 8.76. The molecule has 1 aliphatic carbocycles. The van der Waals surface area contributed by atoms with Gasteiger partial charge in [0.1, 0.15) is 0 Å². The zero-order valence-electron chi connectivity index (χ0n) is 14.2. The van der Waals surface area contributed by atoms with Gasteiger partial charge in [-0.3, -0.25) is 4.79 Å². The molecule has 2 aliphatic rings. The molecule has 1 aromatic heterocycles. The quantitative estimate of drug-likeness (QED) is 0.818. The van der Waals surface area contributed by atoms with E-state index in [1.165, 1.54) is 25.7 Å². The number of hydrogen-bond donors (Lipinski definition) is 2. The zero-order chi connectivity index (χ0) is 17.4. The van der Waals surface area contributed by atoms with Gasteiger partial charge in [-0.05, 0) is 48.8 Å². The second-order valence-corrected chi connectivity index (χ2v) is 6.89. The highest BCUT2D eigenvalue weighted by Crippen LogP contribution is 2.26. The topological polar surface area (TPSA) is 89.3 Å². The fourth-order valence-corrected chi connectivity index (χ4v) is 3.66. The predicted molar refractivity (Wildman–Crippen MR) is 93.5 cm³/mol. The molecule has 0 bridgehead atoms. The molecule has 1 fully saturated rings. The molecular weight excluding hydrogens is 319 g/mol. The van der Waals surface area contributed by atoms with Crippen molar-refractivity contribution in [3.63, 3.8) is 0 Å². The van der Waals surface area contributed by atoms with Crippen LogP contribution in [-0.2, 0) is 17.8 Å². The van der Waals surface area contributed by atoms with E-state index in [0.717, 1.165) is 17.8 Å². The number of carbonyl (C=O) groups excluding carboxylic acids is 1. The number of anilines is 1. The summed E-state index contributed by atoms with van der Waals surface area (Å²) < 4.78 is 7.01. The van der Waals surface area contributed by atoms with Crippen LogP contribution in [0.1, 0.15) is 47.4 Å². The van der Waals surface area contributed by atoms with Crippen LogP contribution >= 0.6 is 0 Å². The molecule has 1 amide bonds. The maximum atomic E-state index is 12.5. The molecule has 0 spiro atoms. The lowest BCUT2D eigenvalue weighted by Crippen LogP contribution is -2.28. The minimum absolute atomic E-state index is 0.288. The van der Waals surface area contributed by atoms with E-state index in [-0.39, 0.29) is 5.91 Å². The molecule has 1 aliphatic heterocycles. The van der Waals surface area contributed by atoms with E-state index >= 15 is 0 Å². The summed E-state index contributed by atoms with van der Waals surface area (Å²) in [5.41, 5.74) is 3.37. The number of carbonyl (C=O) groups is 1. The van der Waals surface area contributed by atoms with Gasteiger partial charge in [0.05, 0.1) is 12.3 Å². The molecule has 1 aromatic carbocycles. The largest absolute Gasteiger partial charge is 0.491 e. The first kappa shape index (κ1) is 16.3. The van der Waals surface area contributed by atoms with Crippen LogP contribution in [0.3, 0.4) is 0 Å². The number of nitrogens with one attached hydrogen (secondary N) is 1. The van der Waals surface area contributed by atoms with Crippen LogP contribution in [0.2, 0.25) is 0 Å². The van der Waals surface area contributed by atoms with Crippen molar-refractivity contribution in [1.82, 2.24) is 15.0 Å². The van der Waals surface area contributed by atoms with Gasteiger partial charge < -0.3 is 15.0 Å². The average molecular weight is 340 g/mol. The number of aromatic nitrogens is 3. The Hall–Kier alpha value is -2.19. The van der Waals surface area contributed by atoms with E-state index < -0.39 is 7.12 Å². The van der Waals surface area contributed by atoms with Gasteiger partial charge >= 0.3 is 7.12 Å². The standard InChI is InChI=1S/C17H21BN4O3/c1-11-16(20-21-22(11)9-12-4-2-3-5-12)17(23)19-14-7-6-13-10-25-18(24)15(13)8-14/h6-8,12,24H,2-5,9-10H2,1H3,(H,19,23). The molecule has 0 atom stereocenters. The van der Waals surface area contributed by atoms with Crippen LogP contribution < -0.4 is 10.8 Å². The van der Waals surface area contributed by atoms with E-state index in [0.29, 0.717) is 29.4 Å². The smallest absolute Gasteiger partial charge is 0.423 e. The number of nitrogens with zero attached hydrogens (tertiary/aromatic N) is 3. The van der Waals surface area contributed by atoms with Crippen molar-refractivity contribution >= 4 is 24.2 Å². The van der Waals surface area contributed by atoms with Gasteiger partial charge in [0.2, 0.25) is 0 Å². The molecule has 7 nitrogen and oxygen atoms in total. The molecule has 0 unspecified atom stereocenters. The normalized spacial score (nSPS) is 17.1. The summed E-state index contributed by atoms with van der Waals surface area (Å²) in [7, 11) is -0.930. The van der Waals surface area contributed by atoms with Gasteiger partial charge in [0.25, 0.3) is 5.91 Å². The first-order chi connectivity index (χ1) is 12.1. The Morgan fingerprint density at radius 2 is 2.24 bits per heavy atom. The van der Waals surface area contributed by atoms with Gasteiger partial charge in [-0.25, -0.2) is 4.68 Å². The van der Waals surface area contributed by atoms with Crippen LogP contribution in [0.15, 0.2) is 18.2 Å². The molecule has 130 valence electrons. The summed E-state index contributed by atoms with van der Waals surface area (Å²) in [4.78, 5) is 12.5. The molecule has 8 heteroatoms. The Bertz CT molecular complexity index is 801. The fourth-order valence-electron chi connectivity index (χ4n) is 3.66. The summed E-state index contributed by atoms with van der Waals surface area (Å²) in [6, 6.07) is 5.39. The van der Waals surface area contributed by atoms with Crippen LogP contribution in [0.4, 0.5) is 5.69 Å². The summed E-state index contributed by atoms with van der Waals surface area (Å²) in [6.45, 7) is 3.10. The summed E-state index contributed by atoms with van der Waals surface area (Å²) >= 11 is 0. The van der Waals surface area contributed by atoms with Crippen molar-refractivity contribution < 1.29 is 14.5 Å². The lowest BCUT2D eigenvalue weighted by molar-refractivity contribution is 0.102. The Morgan fingerprint density at radius 3 is 3.04 bits per heavy atom. The molecule has 2 heterocycles. The van der Waals surface area contributed by atoms with E-state index in [9.17, 15) is 9.82 Å². The lowest BCUT2D eigenvalue weighted by atomic mass is 9.79. The Labute approximate surface area is 146 Å². The SMILES string of the molecule is Cc1c(C(=O)Nc2ccc3c(c2)B(O)OC3)nnn1CC1CCCC1. The third-order valence-corrected chi connectivity index (χ3v) is 5.17. The molecule has 2 aromatic rings. The number of fused-ring (bicyclic) bond motifs is 1. The summed E-state index contributed by atoms with van der Waals surface area (Å²) in [5, 5.41) is 20.8. The lowest BCUT2D eigenvalue weighted by Gasteiger charge is -2.10. The first-order valence-corrected chi connectivity index (χ1v) is 8.76. The summed E-state index contributed by atoms with van der Waals surface area (Å²) in [5.74, 6) is 0.345.